The van der Waals surface area contributed by atoms with Gasteiger partial charge in [-0.05, 0) is 56.3 Å². The van der Waals surface area contributed by atoms with Crippen LogP contribution in [0.3, 0.4) is 0 Å². The van der Waals surface area contributed by atoms with E-state index in [9.17, 15) is 19.8 Å². The van der Waals surface area contributed by atoms with Crippen molar-refractivity contribution in [1.29, 1.82) is 0 Å². The van der Waals surface area contributed by atoms with Gasteiger partial charge in [0.15, 0.2) is 17.8 Å². The van der Waals surface area contributed by atoms with E-state index >= 15 is 0 Å². The number of carboxylic acids is 1. The van der Waals surface area contributed by atoms with Crippen LogP contribution in [0.4, 0.5) is 0 Å². The maximum atomic E-state index is 13.6. The first kappa shape index (κ1) is 29.5. The third kappa shape index (κ3) is 7.20. The first-order valence-corrected chi connectivity index (χ1v) is 14.2. The number of aliphatic carboxylic acids is 1. The molecule has 0 aliphatic carbocycles. The lowest BCUT2D eigenvalue weighted by atomic mass is 9.83. The predicted molar refractivity (Wildman–Crippen MR) is 142 cm³/mol. The molecule has 3 atom stereocenters. The van der Waals surface area contributed by atoms with Gasteiger partial charge in [-0.3, -0.25) is 14.5 Å². The van der Waals surface area contributed by atoms with Crippen molar-refractivity contribution in [3.8, 4) is 11.5 Å². The van der Waals surface area contributed by atoms with E-state index in [-0.39, 0.29) is 38.2 Å². The lowest BCUT2D eigenvalue weighted by molar-refractivity contribution is -0.144. The van der Waals surface area contributed by atoms with Crippen LogP contribution in [0.5, 0.6) is 11.5 Å². The van der Waals surface area contributed by atoms with Crippen LogP contribution in [0.2, 0.25) is 0 Å². The van der Waals surface area contributed by atoms with Gasteiger partial charge in [-0.2, -0.15) is 0 Å². The minimum atomic E-state index is -0.915. The highest BCUT2D eigenvalue weighted by Gasteiger charge is 2.47. The summed E-state index contributed by atoms with van der Waals surface area (Å²) in [5, 5.41) is 20.4. The monoisotopic (exact) mass is 549 g/mol. The molecule has 4 rings (SSSR count). The van der Waals surface area contributed by atoms with Crippen molar-refractivity contribution in [2.75, 3.05) is 52.7 Å². The van der Waals surface area contributed by atoms with E-state index in [1.807, 2.05) is 15.9 Å². The number of fused-ring (bicyclic) bond motifs is 1. The van der Waals surface area contributed by atoms with Gasteiger partial charge in [-0.15, -0.1) is 0 Å². The summed E-state index contributed by atoms with van der Waals surface area (Å²) in [4.78, 5) is 30.2. The van der Waals surface area contributed by atoms with E-state index in [4.69, 9.17) is 24.7 Å². The molecule has 0 bridgehead atoms. The van der Waals surface area contributed by atoms with E-state index in [0.717, 1.165) is 31.2 Å². The molecule has 218 valence electrons. The molecule has 3 aliphatic heterocycles. The second-order valence-corrected chi connectivity index (χ2v) is 10.5. The number of carbonyl (C=O) groups is 2. The molecule has 3 heterocycles. The summed E-state index contributed by atoms with van der Waals surface area (Å²) in [6, 6.07) is 3.23. The number of hydrogen-bond donors (Lipinski definition) is 3. The van der Waals surface area contributed by atoms with Crippen molar-refractivity contribution in [3.63, 3.8) is 0 Å². The molecule has 2 fully saturated rings. The molecule has 0 spiro atoms. The number of benzene rings is 1. The van der Waals surface area contributed by atoms with Crippen LogP contribution in [0.15, 0.2) is 12.1 Å². The largest absolute Gasteiger partial charge is 0.481 e. The normalized spacial score (nSPS) is 23.0. The number of aliphatic hydroxyl groups excluding tert-OH is 1. The Morgan fingerprint density at radius 1 is 1.10 bits per heavy atom. The molecule has 39 heavy (non-hydrogen) atoms. The van der Waals surface area contributed by atoms with Crippen LogP contribution in [-0.2, 0) is 25.7 Å². The zero-order valence-electron chi connectivity index (χ0n) is 22.9. The molecular formula is C28H43N3O8. The van der Waals surface area contributed by atoms with Gasteiger partial charge in [0.2, 0.25) is 12.7 Å². The number of hydrogen-bond acceptors (Lipinski definition) is 9. The number of carbonyl (C=O) groups excluding carboxylic acids is 1. The molecule has 3 aliphatic rings. The van der Waals surface area contributed by atoms with Crippen LogP contribution >= 0.6 is 0 Å². The highest BCUT2D eigenvalue weighted by Crippen LogP contribution is 2.45. The lowest BCUT2D eigenvalue weighted by Gasteiger charge is -2.30. The van der Waals surface area contributed by atoms with Gasteiger partial charge in [0, 0.05) is 37.2 Å². The first-order valence-electron chi connectivity index (χ1n) is 14.2. The zero-order chi connectivity index (χ0) is 27.8. The van der Waals surface area contributed by atoms with Gasteiger partial charge >= 0.3 is 5.97 Å². The van der Waals surface area contributed by atoms with Crippen LogP contribution in [0.1, 0.15) is 62.5 Å². The average Bonchev–Trinajstić information content (AvgIpc) is 3.69. The van der Waals surface area contributed by atoms with Crippen LogP contribution < -0.4 is 15.2 Å². The molecule has 0 aromatic heterocycles. The molecule has 4 N–H and O–H groups in total. The van der Waals surface area contributed by atoms with Gasteiger partial charge in [-0.1, -0.05) is 13.3 Å². The van der Waals surface area contributed by atoms with Gasteiger partial charge in [0.05, 0.1) is 32.3 Å². The third-order valence-corrected chi connectivity index (χ3v) is 7.95. The summed E-state index contributed by atoms with van der Waals surface area (Å²) in [6.45, 7) is 5.40. The van der Waals surface area contributed by atoms with E-state index < -0.39 is 17.8 Å². The highest BCUT2D eigenvalue weighted by atomic mass is 16.7. The van der Waals surface area contributed by atoms with Crippen molar-refractivity contribution in [3.05, 3.63) is 23.3 Å². The van der Waals surface area contributed by atoms with E-state index in [1.54, 1.807) is 6.07 Å². The number of unbranched alkanes of at least 4 members (excludes halogenated alkanes) is 2. The predicted octanol–water partition coefficient (Wildman–Crippen LogP) is 1.90. The van der Waals surface area contributed by atoms with E-state index in [0.29, 0.717) is 69.3 Å². The number of rotatable bonds is 15. The number of nitrogens with two attached hydrogens (primary N) is 1. The number of carboxylic acid groups (broad SMARTS) is 1. The van der Waals surface area contributed by atoms with Crippen molar-refractivity contribution in [2.24, 2.45) is 11.7 Å². The fourth-order valence-corrected chi connectivity index (χ4v) is 5.94. The summed E-state index contributed by atoms with van der Waals surface area (Å²) >= 11 is 0. The van der Waals surface area contributed by atoms with Crippen molar-refractivity contribution in [1.82, 2.24) is 9.80 Å². The number of likely N-dealkylation sites (tertiary alicyclic amines) is 1. The molecule has 11 heteroatoms. The molecule has 0 saturated carbocycles. The van der Waals surface area contributed by atoms with E-state index in [1.165, 1.54) is 0 Å². The SMILES string of the molecule is CCCCN(CCCCN)C(=O)CN1C[C@H](c2cc(CO)c3c(c2)OCO3)[C@@H](C(=O)O)[C@@H]1CCC1OCCO1. The average molecular weight is 550 g/mol. The standard InChI is InChI=1S/C28H43N3O8/c1-2-3-9-30(10-5-4-8-29)24(33)16-31-15-21(19-13-20(17-32)27-23(14-19)38-18-39-27)26(28(34)35)22(31)6-7-25-36-11-12-37-25/h13-14,21-22,25-26,32H,2-12,15-18,29H2,1H3,(H,34,35)/t21-,22+,26-/m1/s1. The molecule has 2 saturated heterocycles. The Kier molecular flexibility index (Phi) is 10.8. The Morgan fingerprint density at radius 3 is 2.56 bits per heavy atom. The third-order valence-electron chi connectivity index (χ3n) is 7.95. The minimum Gasteiger partial charge on any atom is -0.481 e. The molecular weight excluding hydrogens is 506 g/mol. The highest BCUT2D eigenvalue weighted by molar-refractivity contribution is 5.79. The maximum Gasteiger partial charge on any atom is 0.308 e. The maximum absolute atomic E-state index is 13.6. The summed E-state index contributed by atoms with van der Waals surface area (Å²) in [5.74, 6) is -1.06. The van der Waals surface area contributed by atoms with Gasteiger partial charge in [0.25, 0.3) is 0 Å². The number of amides is 1. The summed E-state index contributed by atoms with van der Waals surface area (Å²) < 4.78 is 22.3. The molecule has 1 amide bonds. The molecule has 1 aromatic rings. The topological polar surface area (TPSA) is 144 Å². The minimum absolute atomic E-state index is 0.00496. The van der Waals surface area contributed by atoms with Gasteiger partial charge in [0.1, 0.15) is 0 Å². The molecule has 0 radical (unpaired) electrons. The van der Waals surface area contributed by atoms with Crippen molar-refractivity contribution >= 4 is 11.9 Å². The number of nitrogens with zero attached hydrogens (tertiary/aromatic N) is 2. The summed E-state index contributed by atoms with van der Waals surface area (Å²) in [5.41, 5.74) is 7.00. The van der Waals surface area contributed by atoms with Gasteiger partial charge in [-0.25, -0.2) is 0 Å². The molecule has 1 aromatic carbocycles. The quantitative estimate of drug-likeness (QED) is 0.278. The van der Waals surface area contributed by atoms with Crippen molar-refractivity contribution < 1.29 is 38.7 Å². The number of ether oxygens (including phenoxy) is 4. The zero-order valence-corrected chi connectivity index (χ0v) is 22.9. The van der Waals surface area contributed by atoms with Crippen molar-refractivity contribution in [2.45, 2.75) is 70.3 Å². The fourth-order valence-electron chi connectivity index (χ4n) is 5.94. The Hall–Kier alpha value is -2.44. The lowest BCUT2D eigenvalue weighted by Crippen LogP contribution is -2.45. The Morgan fingerprint density at radius 2 is 1.87 bits per heavy atom. The second kappa shape index (κ2) is 14.3. The van der Waals surface area contributed by atoms with Crippen LogP contribution in [-0.4, -0.2) is 97.0 Å². The summed E-state index contributed by atoms with van der Waals surface area (Å²) in [6.07, 6.45) is 4.29. The molecule has 11 nitrogen and oxygen atoms in total. The first-order chi connectivity index (χ1) is 19.0. The fraction of sp³-hybridized carbons (Fsp3) is 0.714. The van der Waals surface area contributed by atoms with Gasteiger partial charge < -0.3 is 39.8 Å². The second-order valence-electron chi connectivity index (χ2n) is 10.5. The Bertz CT molecular complexity index is 970. The summed E-state index contributed by atoms with van der Waals surface area (Å²) in [7, 11) is 0. The Balaban J connectivity index is 1.59. The Labute approximate surface area is 230 Å². The molecule has 0 unspecified atom stereocenters. The van der Waals surface area contributed by atoms with E-state index in [2.05, 4.69) is 6.92 Å². The number of aliphatic hydroxyl groups is 1. The smallest absolute Gasteiger partial charge is 0.308 e. The van der Waals surface area contributed by atoms with Crippen LogP contribution in [0.25, 0.3) is 0 Å². The van der Waals surface area contributed by atoms with Crippen LogP contribution in [0, 0.1) is 5.92 Å².